The maximum atomic E-state index is 12.9. The second-order valence-corrected chi connectivity index (χ2v) is 7.13. The highest BCUT2D eigenvalue weighted by Crippen LogP contribution is 2.17. The van der Waals surface area contributed by atoms with Crippen LogP contribution >= 0.6 is 22.7 Å². The van der Waals surface area contributed by atoms with Crippen molar-refractivity contribution in [3.05, 3.63) is 74.3 Å². The quantitative estimate of drug-likeness (QED) is 0.535. The monoisotopic (exact) mass is 373 g/mol. The number of thiazole rings is 1. The van der Waals surface area contributed by atoms with E-state index < -0.39 is 0 Å². The Morgan fingerprint density at radius 3 is 2.84 bits per heavy atom. The number of rotatable bonds is 5. The summed E-state index contributed by atoms with van der Waals surface area (Å²) in [6, 6.07) is 7.64. The van der Waals surface area contributed by atoms with Crippen LogP contribution in [0.5, 0.6) is 5.75 Å². The molecule has 0 spiro atoms. The zero-order valence-corrected chi connectivity index (χ0v) is 14.5. The van der Waals surface area contributed by atoms with Gasteiger partial charge in [-0.3, -0.25) is 9.36 Å². The number of hydrogen-bond acceptors (Lipinski definition) is 6. The number of aromatic nitrogens is 3. The van der Waals surface area contributed by atoms with Crippen LogP contribution < -0.4 is 10.3 Å². The summed E-state index contributed by atoms with van der Waals surface area (Å²) in [5, 5.41) is 5.17. The van der Waals surface area contributed by atoms with Crippen molar-refractivity contribution in [1.82, 2.24) is 14.5 Å². The smallest absolute Gasteiger partial charge is 0.262 e. The number of hydrogen-bond donors (Lipinski definition) is 0. The molecule has 0 fully saturated rings. The Morgan fingerprint density at radius 2 is 2.00 bits per heavy atom. The number of halogens is 1. The van der Waals surface area contributed by atoms with Gasteiger partial charge in [0.2, 0.25) is 0 Å². The minimum atomic E-state index is -0.300. The average molecular weight is 373 g/mol. The van der Waals surface area contributed by atoms with Gasteiger partial charge in [0, 0.05) is 5.38 Å². The largest absolute Gasteiger partial charge is 0.486 e. The fourth-order valence-corrected chi connectivity index (χ4v) is 3.76. The molecule has 0 unspecified atom stereocenters. The van der Waals surface area contributed by atoms with E-state index in [0.717, 1.165) is 15.5 Å². The third-order valence-electron chi connectivity index (χ3n) is 3.56. The highest BCUT2D eigenvalue weighted by molar-refractivity contribution is 7.16. The van der Waals surface area contributed by atoms with Crippen molar-refractivity contribution in [2.45, 2.75) is 13.2 Å². The SMILES string of the molecule is O=c1c2ccsc2ncn1Cc1csc(COc2ccc(F)cc2)n1. The van der Waals surface area contributed by atoms with Crippen LogP contribution in [0, 0.1) is 5.82 Å². The molecule has 0 radical (unpaired) electrons. The van der Waals surface area contributed by atoms with Gasteiger partial charge in [-0.2, -0.15) is 0 Å². The fraction of sp³-hybridized carbons (Fsp3) is 0.118. The molecule has 0 aliphatic carbocycles. The topological polar surface area (TPSA) is 57.0 Å². The molecule has 25 heavy (non-hydrogen) atoms. The zero-order valence-electron chi connectivity index (χ0n) is 12.9. The molecule has 0 aliphatic heterocycles. The highest BCUT2D eigenvalue weighted by atomic mass is 32.1. The molecule has 0 N–H and O–H groups in total. The molecule has 0 saturated heterocycles. The third-order valence-corrected chi connectivity index (χ3v) is 5.25. The van der Waals surface area contributed by atoms with Gasteiger partial charge in [-0.05, 0) is 35.7 Å². The van der Waals surface area contributed by atoms with Gasteiger partial charge in [0.25, 0.3) is 5.56 Å². The molecule has 4 rings (SSSR count). The van der Waals surface area contributed by atoms with E-state index in [1.165, 1.54) is 34.8 Å². The van der Waals surface area contributed by atoms with Crippen LogP contribution in [-0.4, -0.2) is 14.5 Å². The molecule has 0 aliphatic rings. The van der Waals surface area contributed by atoms with Crippen LogP contribution in [0.3, 0.4) is 0 Å². The van der Waals surface area contributed by atoms with Gasteiger partial charge in [0.15, 0.2) is 0 Å². The fourth-order valence-electron chi connectivity index (χ4n) is 2.34. The maximum absolute atomic E-state index is 12.9. The molecule has 0 atom stereocenters. The predicted octanol–water partition coefficient (Wildman–Crippen LogP) is 3.68. The van der Waals surface area contributed by atoms with E-state index in [1.807, 2.05) is 10.8 Å². The lowest BCUT2D eigenvalue weighted by Crippen LogP contribution is -2.20. The molecule has 0 bridgehead atoms. The second kappa shape index (κ2) is 6.73. The van der Waals surface area contributed by atoms with Crippen molar-refractivity contribution in [3.8, 4) is 5.75 Å². The Labute approximate surface area is 150 Å². The number of benzene rings is 1. The summed E-state index contributed by atoms with van der Waals surface area (Å²) in [4.78, 5) is 21.9. The standard InChI is InChI=1S/C17H12FN3O2S2/c18-11-1-3-13(4-2-11)23-8-15-20-12(9-25-15)7-21-10-19-16-14(17(21)22)5-6-24-16/h1-6,9-10H,7-8H2. The lowest BCUT2D eigenvalue weighted by molar-refractivity contribution is 0.305. The molecule has 0 saturated carbocycles. The molecule has 5 nitrogen and oxygen atoms in total. The van der Waals surface area contributed by atoms with Gasteiger partial charge in [0.05, 0.1) is 24.0 Å². The van der Waals surface area contributed by atoms with Gasteiger partial charge in [-0.1, -0.05) is 0 Å². The zero-order chi connectivity index (χ0) is 17.2. The van der Waals surface area contributed by atoms with Crippen LogP contribution in [0.1, 0.15) is 10.7 Å². The first-order valence-corrected chi connectivity index (χ1v) is 9.19. The summed E-state index contributed by atoms with van der Waals surface area (Å²) in [6.45, 7) is 0.664. The van der Waals surface area contributed by atoms with Crippen LogP contribution in [0.25, 0.3) is 10.2 Å². The van der Waals surface area contributed by atoms with Crippen LogP contribution in [-0.2, 0) is 13.2 Å². The average Bonchev–Trinajstić information content (AvgIpc) is 3.26. The van der Waals surface area contributed by atoms with Crippen molar-refractivity contribution in [1.29, 1.82) is 0 Å². The second-order valence-electron chi connectivity index (χ2n) is 5.29. The van der Waals surface area contributed by atoms with E-state index in [1.54, 1.807) is 29.1 Å². The molecule has 8 heteroatoms. The Balaban J connectivity index is 1.46. The molecule has 4 aromatic rings. The van der Waals surface area contributed by atoms with Crippen molar-refractivity contribution in [3.63, 3.8) is 0 Å². The lowest BCUT2D eigenvalue weighted by Gasteiger charge is -2.04. The van der Waals surface area contributed by atoms with E-state index in [4.69, 9.17) is 4.74 Å². The van der Waals surface area contributed by atoms with Gasteiger partial charge in [0.1, 0.15) is 28.0 Å². The Morgan fingerprint density at radius 1 is 1.16 bits per heavy atom. The van der Waals surface area contributed by atoms with Crippen LogP contribution in [0.4, 0.5) is 4.39 Å². The van der Waals surface area contributed by atoms with E-state index in [9.17, 15) is 9.18 Å². The summed E-state index contributed by atoms with van der Waals surface area (Å²) >= 11 is 2.91. The van der Waals surface area contributed by atoms with Gasteiger partial charge in [-0.15, -0.1) is 22.7 Å². The molecule has 0 amide bonds. The predicted molar refractivity (Wildman–Crippen MR) is 95.8 cm³/mol. The molecular formula is C17H12FN3O2S2. The van der Waals surface area contributed by atoms with Crippen molar-refractivity contribution < 1.29 is 9.13 Å². The first kappa shape index (κ1) is 15.9. The first-order chi connectivity index (χ1) is 12.2. The van der Waals surface area contributed by atoms with Gasteiger partial charge < -0.3 is 4.74 Å². The number of nitrogens with zero attached hydrogens (tertiary/aromatic N) is 3. The number of thiophene rings is 1. The Kier molecular flexibility index (Phi) is 4.29. The molecular weight excluding hydrogens is 361 g/mol. The summed E-state index contributed by atoms with van der Waals surface area (Å²) < 4.78 is 20.0. The van der Waals surface area contributed by atoms with E-state index in [2.05, 4.69) is 9.97 Å². The van der Waals surface area contributed by atoms with E-state index in [-0.39, 0.29) is 11.4 Å². The van der Waals surface area contributed by atoms with E-state index in [0.29, 0.717) is 24.3 Å². The minimum Gasteiger partial charge on any atom is -0.486 e. The van der Waals surface area contributed by atoms with Crippen LogP contribution in [0.2, 0.25) is 0 Å². The van der Waals surface area contributed by atoms with Crippen LogP contribution in [0.15, 0.2) is 52.2 Å². The lowest BCUT2D eigenvalue weighted by atomic mass is 10.3. The van der Waals surface area contributed by atoms with Gasteiger partial charge >= 0.3 is 0 Å². The molecule has 126 valence electrons. The third kappa shape index (κ3) is 3.45. The summed E-state index contributed by atoms with van der Waals surface area (Å²) in [5.41, 5.74) is 0.713. The van der Waals surface area contributed by atoms with Crippen molar-refractivity contribution in [2.24, 2.45) is 0 Å². The van der Waals surface area contributed by atoms with Gasteiger partial charge in [-0.25, -0.2) is 14.4 Å². The molecule has 3 aromatic heterocycles. The van der Waals surface area contributed by atoms with Crippen molar-refractivity contribution >= 4 is 32.9 Å². The van der Waals surface area contributed by atoms with E-state index >= 15 is 0 Å². The number of fused-ring (bicyclic) bond motifs is 1. The van der Waals surface area contributed by atoms with Crippen molar-refractivity contribution in [2.75, 3.05) is 0 Å². The highest BCUT2D eigenvalue weighted by Gasteiger charge is 2.08. The maximum Gasteiger partial charge on any atom is 0.262 e. The Bertz CT molecular complexity index is 1070. The Hall–Kier alpha value is -2.58. The summed E-state index contributed by atoms with van der Waals surface area (Å²) in [7, 11) is 0. The molecule has 3 heterocycles. The summed E-state index contributed by atoms with van der Waals surface area (Å²) in [6.07, 6.45) is 1.55. The minimum absolute atomic E-state index is 0.0663. The molecule has 1 aromatic carbocycles. The first-order valence-electron chi connectivity index (χ1n) is 7.43. The summed E-state index contributed by atoms with van der Waals surface area (Å²) in [5.74, 6) is 0.284. The number of ether oxygens (including phenoxy) is 1. The normalized spacial score (nSPS) is 11.1.